The van der Waals surface area contributed by atoms with Gasteiger partial charge in [0.25, 0.3) is 0 Å². The van der Waals surface area contributed by atoms with Gasteiger partial charge in [0.1, 0.15) is 0 Å². The predicted molar refractivity (Wildman–Crippen MR) is 106 cm³/mol. The molecular weight excluding hydrogens is 328 g/mol. The third kappa shape index (κ3) is 5.73. The van der Waals surface area contributed by atoms with Crippen LogP contribution in [0.4, 0.5) is 11.4 Å². The van der Waals surface area contributed by atoms with Crippen molar-refractivity contribution in [1.82, 2.24) is 9.80 Å². The fraction of sp³-hybridized carbons (Fsp3) is 0.600. The van der Waals surface area contributed by atoms with Crippen LogP contribution in [-0.2, 0) is 16.1 Å². The maximum atomic E-state index is 12.7. The Morgan fingerprint density at radius 1 is 1.12 bits per heavy atom. The second kappa shape index (κ2) is 9.03. The molecule has 1 aromatic carbocycles. The molecule has 144 valence electrons. The van der Waals surface area contributed by atoms with Gasteiger partial charge in [0.15, 0.2) is 0 Å². The largest absolute Gasteiger partial charge is 0.377 e. The molecule has 0 bridgehead atoms. The van der Waals surface area contributed by atoms with Crippen molar-refractivity contribution in [3.8, 4) is 0 Å². The summed E-state index contributed by atoms with van der Waals surface area (Å²) in [7, 11) is 8.03. The summed E-state index contributed by atoms with van der Waals surface area (Å²) in [5.41, 5.74) is 2.90. The molecule has 0 aromatic heterocycles. The van der Waals surface area contributed by atoms with Crippen LogP contribution in [0.5, 0.6) is 0 Å². The number of hydrogen-bond acceptors (Lipinski definition) is 4. The number of carbonyl (C=O) groups excluding carboxylic acids is 2. The van der Waals surface area contributed by atoms with E-state index < -0.39 is 0 Å². The van der Waals surface area contributed by atoms with E-state index in [1.165, 1.54) is 0 Å². The van der Waals surface area contributed by atoms with Gasteiger partial charge in [0.2, 0.25) is 11.8 Å². The van der Waals surface area contributed by atoms with Gasteiger partial charge in [-0.25, -0.2) is 0 Å². The summed E-state index contributed by atoms with van der Waals surface area (Å²) in [5.74, 6) is 0.439. The number of anilines is 2. The molecule has 0 heterocycles. The summed E-state index contributed by atoms with van der Waals surface area (Å²) in [4.78, 5) is 30.6. The highest BCUT2D eigenvalue weighted by Crippen LogP contribution is 2.32. The Balaban J connectivity index is 2.24. The fourth-order valence-corrected chi connectivity index (χ4v) is 2.86. The molecule has 1 aliphatic carbocycles. The first-order valence-electron chi connectivity index (χ1n) is 9.35. The van der Waals surface area contributed by atoms with Crippen molar-refractivity contribution >= 4 is 23.2 Å². The number of rotatable bonds is 9. The number of hydrogen-bond donors (Lipinski definition) is 1. The predicted octanol–water partition coefficient (Wildman–Crippen LogP) is 2.40. The minimum atomic E-state index is -0.00734. The molecule has 0 saturated heterocycles. The molecule has 26 heavy (non-hydrogen) atoms. The Hall–Kier alpha value is -2.08. The summed E-state index contributed by atoms with van der Waals surface area (Å²) in [6.45, 7) is 3.94. The van der Waals surface area contributed by atoms with E-state index >= 15 is 0 Å². The third-order valence-corrected chi connectivity index (χ3v) is 4.58. The lowest BCUT2D eigenvalue weighted by Gasteiger charge is -2.27. The average molecular weight is 361 g/mol. The van der Waals surface area contributed by atoms with Crippen LogP contribution >= 0.6 is 0 Å². The highest BCUT2D eigenvalue weighted by atomic mass is 16.2. The molecule has 1 N–H and O–H groups in total. The SMILES string of the molecule is CCC(=O)Nc1ccc(N(C)C)c(CN(CCN(C)C)C(=O)C2CC2)c1. The number of nitrogens with zero attached hydrogens (tertiary/aromatic N) is 3. The van der Waals surface area contributed by atoms with E-state index in [2.05, 4.69) is 10.2 Å². The van der Waals surface area contributed by atoms with Gasteiger partial charge in [-0.1, -0.05) is 6.92 Å². The summed E-state index contributed by atoms with van der Waals surface area (Å²) < 4.78 is 0. The van der Waals surface area contributed by atoms with Gasteiger partial charge in [0, 0.05) is 57.4 Å². The first kappa shape index (κ1) is 20.2. The zero-order valence-corrected chi connectivity index (χ0v) is 16.7. The maximum absolute atomic E-state index is 12.7. The van der Waals surface area contributed by atoms with Gasteiger partial charge in [-0.3, -0.25) is 9.59 Å². The molecule has 0 unspecified atom stereocenters. The van der Waals surface area contributed by atoms with Gasteiger partial charge in [-0.2, -0.15) is 0 Å². The number of likely N-dealkylation sites (N-methyl/N-ethyl adjacent to an activating group) is 1. The van der Waals surface area contributed by atoms with Gasteiger partial charge in [-0.15, -0.1) is 0 Å². The number of carbonyl (C=O) groups is 2. The van der Waals surface area contributed by atoms with E-state index in [-0.39, 0.29) is 17.7 Å². The van der Waals surface area contributed by atoms with Crippen LogP contribution in [0.3, 0.4) is 0 Å². The molecular formula is C20H32N4O2. The summed E-state index contributed by atoms with van der Waals surface area (Å²) >= 11 is 0. The Morgan fingerprint density at radius 3 is 2.35 bits per heavy atom. The van der Waals surface area contributed by atoms with Crippen LogP contribution in [0.2, 0.25) is 0 Å². The van der Waals surface area contributed by atoms with Crippen LogP contribution in [-0.4, -0.2) is 62.9 Å². The zero-order valence-electron chi connectivity index (χ0n) is 16.7. The van der Waals surface area contributed by atoms with Crippen molar-refractivity contribution in [3.05, 3.63) is 23.8 Å². The molecule has 1 fully saturated rings. The molecule has 0 radical (unpaired) electrons. The van der Waals surface area contributed by atoms with E-state index in [1.807, 2.05) is 63.1 Å². The molecule has 2 rings (SSSR count). The topological polar surface area (TPSA) is 55.9 Å². The molecule has 2 amide bonds. The average Bonchev–Trinajstić information content (AvgIpc) is 3.42. The highest BCUT2D eigenvalue weighted by molar-refractivity contribution is 5.91. The second-order valence-corrected chi connectivity index (χ2v) is 7.48. The number of amides is 2. The van der Waals surface area contributed by atoms with E-state index in [9.17, 15) is 9.59 Å². The lowest BCUT2D eigenvalue weighted by Crippen LogP contribution is -2.37. The molecule has 0 atom stereocenters. The third-order valence-electron chi connectivity index (χ3n) is 4.58. The Bertz CT molecular complexity index is 639. The van der Waals surface area contributed by atoms with Crippen molar-refractivity contribution in [1.29, 1.82) is 0 Å². The van der Waals surface area contributed by atoms with Crippen molar-refractivity contribution in [2.24, 2.45) is 5.92 Å². The van der Waals surface area contributed by atoms with Crippen molar-refractivity contribution in [3.63, 3.8) is 0 Å². The van der Waals surface area contributed by atoms with Gasteiger partial charge >= 0.3 is 0 Å². The normalized spacial score (nSPS) is 13.6. The van der Waals surface area contributed by atoms with Crippen molar-refractivity contribution in [2.45, 2.75) is 32.7 Å². The minimum Gasteiger partial charge on any atom is -0.377 e. The smallest absolute Gasteiger partial charge is 0.226 e. The summed E-state index contributed by atoms with van der Waals surface area (Å²) in [6.07, 6.45) is 2.45. The van der Waals surface area contributed by atoms with Gasteiger partial charge < -0.3 is 20.0 Å². The van der Waals surface area contributed by atoms with Gasteiger partial charge in [0.05, 0.1) is 0 Å². The van der Waals surface area contributed by atoms with Crippen LogP contribution in [0.25, 0.3) is 0 Å². The summed E-state index contributed by atoms with van der Waals surface area (Å²) in [6, 6.07) is 5.91. The van der Waals surface area contributed by atoms with E-state index in [1.54, 1.807) is 0 Å². The monoisotopic (exact) mass is 360 g/mol. The molecule has 1 saturated carbocycles. The van der Waals surface area contributed by atoms with Crippen LogP contribution in [0.15, 0.2) is 18.2 Å². The minimum absolute atomic E-state index is 0.00734. The molecule has 0 aliphatic heterocycles. The van der Waals surface area contributed by atoms with Crippen LogP contribution in [0.1, 0.15) is 31.7 Å². The zero-order chi connectivity index (χ0) is 19.3. The van der Waals surface area contributed by atoms with E-state index in [4.69, 9.17) is 0 Å². The quantitative estimate of drug-likeness (QED) is 0.735. The first-order valence-corrected chi connectivity index (χ1v) is 9.35. The Labute approximate surface area is 157 Å². The van der Waals surface area contributed by atoms with Crippen molar-refractivity contribution in [2.75, 3.05) is 51.5 Å². The van der Waals surface area contributed by atoms with Gasteiger partial charge in [-0.05, 0) is 50.7 Å². The standard InChI is InChI=1S/C20H32N4O2/c1-6-19(25)21-17-9-10-18(23(4)5)16(13-17)14-24(12-11-22(2)3)20(26)15-7-8-15/h9-10,13,15H,6-8,11-12,14H2,1-5H3,(H,21,25). The maximum Gasteiger partial charge on any atom is 0.226 e. The number of benzene rings is 1. The molecule has 1 aromatic rings. The number of nitrogens with one attached hydrogen (secondary N) is 1. The fourth-order valence-electron chi connectivity index (χ4n) is 2.86. The van der Waals surface area contributed by atoms with Crippen LogP contribution in [0, 0.1) is 5.92 Å². The Kier molecular flexibility index (Phi) is 7.03. The highest BCUT2D eigenvalue weighted by Gasteiger charge is 2.33. The molecule has 6 heteroatoms. The van der Waals surface area contributed by atoms with E-state index in [0.29, 0.717) is 19.5 Å². The second-order valence-electron chi connectivity index (χ2n) is 7.48. The first-order chi connectivity index (χ1) is 12.3. The lowest BCUT2D eigenvalue weighted by molar-refractivity contribution is -0.133. The van der Waals surface area contributed by atoms with Crippen LogP contribution < -0.4 is 10.2 Å². The molecule has 6 nitrogen and oxygen atoms in total. The van der Waals surface area contributed by atoms with Crippen molar-refractivity contribution < 1.29 is 9.59 Å². The lowest BCUT2D eigenvalue weighted by atomic mass is 10.1. The molecule has 0 spiro atoms. The summed E-state index contributed by atoms with van der Waals surface area (Å²) in [5, 5.41) is 2.92. The Morgan fingerprint density at radius 2 is 1.81 bits per heavy atom. The molecule has 1 aliphatic rings. The van der Waals surface area contributed by atoms with E-state index in [0.717, 1.165) is 36.3 Å².